The molecule has 4 nitrogen and oxygen atoms in total. The van der Waals surface area contributed by atoms with Crippen LogP contribution in [0.5, 0.6) is 0 Å². The molecule has 1 atom stereocenters. The Morgan fingerprint density at radius 2 is 1.86 bits per heavy atom. The van der Waals surface area contributed by atoms with Crippen molar-refractivity contribution in [2.45, 2.75) is 39.3 Å². The first kappa shape index (κ1) is 21.7. The summed E-state index contributed by atoms with van der Waals surface area (Å²) >= 11 is 3.58. The molecule has 0 aliphatic heterocycles. The topological polar surface area (TPSA) is 48.5 Å². The second-order valence-corrected chi connectivity index (χ2v) is 6.92. The first-order valence-electron chi connectivity index (χ1n) is 7.30. The molecule has 0 amide bonds. The van der Waals surface area contributed by atoms with Crippen molar-refractivity contribution in [3.8, 4) is 0 Å². The highest BCUT2D eigenvalue weighted by atomic mass is 127. The van der Waals surface area contributed by atoms with Crippen molar-refractivity contribution in [3.05, 3.63) is 34.3 Å². The van der Waals surface area contributed by atoms with Crippen LogP contribution >= 0.6 is 39.9 Å². The maximum absolute atomic E-state index is 4.27. The molecule has 0 saturated heterocycles. The number of nitrogens with one attached hydrogen (secondary N) is 3. The van der Waals surface area contributed by atoms with E-state index in [2.05, 4.69) is 76.7 Å². The van der Waals surface area contributed by atoms with Gasteiger partial charge in [0.15, 0.2) is 5.96 Å². The second-order valence-electron chi connectivity index (χ2n) is 6.06. The normalized spacial score (nSPS) is 13.3. The van der Waals surface area contributed by atoms with Crippen LogP contribution in [0.2, 0.25) is 0 Å². The lowest BCUT2D eigenvalue weighted by Crippen LogP contribution is -2.45. The Morgan fingerprint density at radius 3 is 2.41 bits per heavy atom. The van der Waals surface area contributed by atoms with Crippen LogP contribution in [0.25, 0.3) is 0 Å². The number of halogens is 2. The van der Waals surface area contributed by atoms with Gasteiger partial charge in [-0.3, -0.25) is 4.99 Å². The molecule has 0 radical (unpaired) electrons. The Kier molecular flexibility index (Phi) is 10.3. The van der Waals surface area contributed by atoms with Gasteiger partial charge in [0, 0.05) is 30.1 Å². The van der Waals surface area contributed by atoms with Crippen molar-refractivity contribution < 1.29 is 0 Å². The summed E-state index contributed by atoms with van der Waals surface area (Å²) in [6, 6.07) is 8.41. The van der Waals surface area contributed by atoms with Gasteiger partial charge in [0.1, 0.15) is 0 Å². The zero-order valence-electron chi connectivity index (χ0n) is 14.0. The van der Waals surface area contributed by atoms with E-state index in [1.807, 2.05) is 12.1 Å². The highest BCUT2D eigenvalue weighted by molar-refractivity contribution is 14.0. The van der Waals surface area contributed by atoms with Gasteiger partial charge in [-0.15, -0.1) is 24.0 Å². The lowest BCUT2D eigenvalue weighted by Gasteiger charge is -2.22. The molecule has 0 fully saturated rings. The molecule has 1 aromatic rings. The van der Waals surface area contributed by atoms with Gasteiger partial charge in [-0.25, -0.2) is 0 Å². The summed E-state index contributed by atoms with van der Waals surface area (Å²) in [7, 11) is 1.79. The molecule has 1 aromatic carbocycles. The van der Waals surface area contributed by atoms with Gasteiger partial charge < -0.3 is 16.0 Å². The van der Waals surface area contributed by atoms with E-state index in [9.17, 15) is 0 Å². The fourth-order valence-electron chi connectivity index (χ4n) is 1.92. The lowest BCUT2D eigenvalue weighted by atomic mass is 10.1. The number of hydrogen-bond donors (Lipinski definition) is 3. The van der Waals surface area contributed by atoms with Crippen LogP contribution < -0.4 is 16.0 Å². The third-order valence-corrected chi connectivity index (χ3v) is 3.74. The lowest BCUT2D eigenvalue weighted by molar-refractivity contribution is 0.428. The third-order valence-electron chi connectivity index (χ3n) is 3.02. The van der Waals surface area contributed by atoms with E-state index < -0.39 is 0 Å². The molecule has 126 valence electrons. The van der Waals surface area contributed by atoms with E-state index in [1.165, 1.54) is 5.56 Å². The summed E-state index contributed by atoms with van der Waals surface area (Å²) in [6.45, 7) is 10.3. The fraction of sp³-hybridized carbons (Fsp3) is 0.562. The molecule has 1 unspecified atom stereocenters. The van der Waals surface area contributed by atoms with E-state index >= 15 is 0 Å². The Labute approximate surface area is 160 Å². The smallest absolute Gasteiger partial charge is 0.191 e. The van der Waals surface area contributed by atoms with Crippen LogP contribution in [-0.4, -0.2) is 31.6 Å². The molecule has 0 aliphatic carbocycles. The van der Waals surface area contributed by atoms with Gasteiger partial charge >= 0.3 is 0 Å². The monoisotopic (exact) mass is 482 g/mol. The number of aliphatic imine (C=N–C) groups is 1. The Balaban J connectivity index is 0.00000441. The van der Waals surface area contributed by atoms with Crippen LogP contribution in [-0.2, 0) is 0 Å². The first-order valence-corrected chi connectivity index (χ1v) is 8.09. The fourth-order valence-corrected chi connectivity index (χ4v) is 2.55. The number of hydrogen-bond acceptors (Lipinski definition) is 2. The van der Waals surface area contributed by atoms with Crippen LogP contribution in [0, 0.1) is 0 Å². The number of benzene rings is 1. The van der Waals surface area contributed by atoms with Crippen molar-refractivity contribution in [1.29, 1.82) is 0 Å². The predicted molar refractivity (Wildman–Crippen MR) is 110 cm³/mol. The van der Waals surface area contributed by atoms with Crippen molar-refractivity contribution >= 4 is 45.9 Å². The molecule has 6 heteroatoms. The van der Waals surface area contributed by atoms with Crippen LogP contribution in [0.3, 0.4) is 0 Å². The Hall–Kier alpha value is -0.340. The summed E-state index contributed by atoms with van der Waals surface area (Å²) in [5, 5.41) is 10.2. The standard InChI is InChI=1S/C16H27BrN4.HI/c1-12(13-8-6-7-9-14(13)17)21-15(18-5)19-10-11-20-16(2,3)4;/h6-9,12,20H,10-11H2,1-5H3,(H2,18,19,21);1H. The average molecular weight is 483 g/mol. The van der Waals surface area contributed by atoms with Crippen molar-refractivity contribution in [1.82, 2.24) is 16.0 Å². The maximum atomic E-state index is 4.27. The maximum Gasteiger partial charge on any atom is 0.191 e. The Morgan fingerprint density at radius 1 is 1.23 bits per heavy atom. The van der Waals surface area contributed by atoms with Gasteiger partial charge in [-0.1, -0.05) is 34.1 Å². The minimum Gasteiger partial charge on any atom is -0.355 e. The van der Waals surface area contributed by atoms with Crippen molar-refractivity contribution in [2.24, 2.45) is 4.99 Å². The summed E-state index contributed by atoms with van der Waals surface area (Å²) in [4.78, 5) is 4.27. The minimum atomic E-state index is 0. The second kappa shape index (κ2) is 10.4. The molecule has 0 aliphatic rings. The third kappa shape index (κ3) is 8.33. The molecule has 0 heterocycles. The SMILES string of the molecule is CN=C(NCCNC(C)(C)C)NC(C)c1ccccc1Br.I. The molecule has 1 rings (SSSR count). The van der Waals surface area contributed by atoms with Gasteiger partial charge in [0.2, 0.25) is 0 Å². The largest absolute Gasteiger partial charge is 0.355 e. The molecule has 0 spiro atoms. The highest BCUT2D eigenvalue weighted by Crippen LogP contribution is 2.22. The van der Waals surface area contributed by atoms with E-state index in [0.29, 0.717) is 0 Å². The van der Waals surface area contributed by atoms with Crippen molar-refractivity contribution in [3.63, 3.8) is 0 Å². The number of rotatable bonds is 5. The summed E-state index contributed by atoms with van der Waals surface area (Å²) in [5.41, 5.74) is 1.36. The molecule has 3 N–H and O–H groups in total. The molecular weight excluding hydrogens is 455 g/mol. The van der Waals surface area contributed by atoms with Crippen LogP contribution in [0.4, 0.5) is 0 Å². The zero-order chi connectivity index (χ0) is 15.9. The summed E-state index contributed by atoms with van der Waals surface area (Å²) in [6.07, 6.45) is 0. The van der Waals surface area contributed by atoms with Crippen molar-refractivity contribution in [2.75, 3.05) is 20.1 Å². The molecule has 0 bridgehead atoms. The first-order chi connectivity index (χ1) is 9.83. The van der Waals surface area contributed by atoms with Gasteiger partial charge in [0.25, 0.3) is 0 Å². The minimum absolute atomic E-state index is 0. The quantitative estimate of drug-likeness (QED) is 0.259. The molecule has 22 heavy (non-hydrogen) atoms. The number of guanidine groups is 1. The Bertz CT molecular complexity index is 471. The summed E-state index contributed by atoms with van der Waals surface area (Å²) < 4.78 is 1.11. The van der Waals surface area contributed by atoms with Crippen LogP contribution in [0.1, 0.15) is 39.3 Å². The molecule has 0 aromatic heterocycles. The van der Waals surface area contributed by atoms with E-state index in [-0.39, 0.29) is 35.6 Å². The summed E-state index contributed by atoms with van der Waals surface area (Å²) in [5.74, 6) is 0.814. The zero-order valence-corrected chi connectivity index (χ0v) is 18.0. The highest BCUT2D eigenvalue weighted by Gasteiger charge is 2.11. The van der Waals surface area contributed by atoms with Gasteiger partial charge in [0.05, 0.1) is 6.04 Å². The van der Waals surface area contributed by atoms with E-state index in [1.54, 1.807) is 7.05 Å². The van der Waals surface area contributed by atoms with E-state index in [0.717, 1.165) is 23.5 Å². The van der Waals surface area contributed by atoms with E-state index in [4.69, 9.17) is 0 Å². The van der Waals surface area contributed by atoms with Gasteiger partial charge in [-0.2, -0.15) is 0 Å². The van der Waals surface area contributed by atoms with Crippen LogP contribution in [0.15, 0.2) is 33.7 Å². The molecular formula is C16H28BrIN4. The number of nitrogens with zero attached hydrogens (tertiary/aromatic N) is 1. The average Bonchev–Trinajstić information content (AvgIpc) is 2.41. The van der Waals surface area contributed by atoms with Gasteiger partial charge in [-0.05, 0) is 39.3 Å². The predicted octanol–water partition coefficient (Wildman–Crippen LogP) is 3.68. The molecule has 0 saturated carbocycles.